The quantitative estimate of drug-likeness (QED) is 0.599. The average molecular weight is 200 g/mol. The highest BCUT2D eigenvalue weighted by atomic mass is 16.3. The molecule has 0 aromatic rings. The van der Waals surface area contributed by atoms with Gasteiger partial charge in [0.25, 0.3) is 0 Å². The minimum absolute atomic E-state index is 0.0263. The first-order valence-electron chi connectivity index (χ1n) is 5.32. The molecule has 82 valence electrons. The molecular formula is C10H20N2O2. The van der Waals surface area contributed by atoms with E-state index in [1.807, 2.05) is 6.92 Å². The monoisotopic (exact) mass is 200 g/mol. The van der Waals surface area contributed by atoms with Crippen LogP contribution in [0.2, 0.25) is 0 Å². The maximum atomic E-state index is 11.8. The second-order valence-electron chi connectivity index (χ2n) is 4.03. The van der Waals surface area contributed by atoms with Crippen LogP contribution in [0.5, 0.6) is 0 Å². The average Bonchev–Trinajstić information content (AvgIpc) is 2.63. The summed E-state index contributed by atoms with van der Waals surface area (Å²) in [6.07, 6.45) is 2.28. The normalized spacial score (nSPS) is 28.8. The number of carbonyl (C=O) groups excluding carboxylic acids is 1. The Morgan fingerprint density at radius 2 is 2.43 bits per heavy atom. The van der Waals surface area contributed by atoms with Crippen LogP contribution in [0, 0.1) is 0 Å². The molecule has 1 heterocycles. The van der Waals surface area contributed by atoms with Gasteiger partial charge in [0.15, 0.2) is 0 Å². The summed E-state index contributed by atoms with van der Waals surface area (Å²) < 4.78 is 0. The second-order valence-corrected chi connectivity index (χ2v) is 4.03. The summed E-state index contributed by atoms with van der Waals surface area (Å²) in [5, 5.41) is 15.1. The Hall–Kier alpha value is -0.610. The summed E-state index contributed by atoms with van der Waals surface area (Å²) in [7, 11) is 0. The molecule has 3 N–H and O–H groups in total. The number of carbonyl (C=O) groups is 1. The van der Waals surface area contributed by atoms with Gasteiger partial charge in [-0.15, -0.1) is 0 Å². The molecule has 0 saturated carbocycles. The Kier molecular flexibility index (Phi) is 3.89. The Morgan fingerprint density at radius 1 is 1.71 bits per heavy atom. The van der Waals surface area contributed by atoms with E-state index in [1.54, 1.807) is 6.92 Å². The van der Waals surface area contributed by atoms with Gasteiger partial charge in [0.2, 0.25) is 5.91 Å². The van der Waals surface area contributed by atoms with Crippen molar-refractivity contribution in [3.8, 4) is 0 Å². The lowest BCUT2D eigenvalue weighted by atomic mass is 9.93. The molecule has 1 rings (SSSR count). The fraction of sp³-hybridized carbons (Fsp3) is 0.900. The fourth-order valence-electron chi connectivity index (χ4n) is 1.87. The molecule has 1 saturated heterocycles. The summed E-state index contributed by atoms with van der Waals surface area (Å²) >= 11 is 0. The third kappa shape index (κ3) is 2.45. The van der Waals surface area contributed by atoms with E-state index < -0.39 is 6.10 Å². The molecule has 0 aliphatic carbocycles. The SMILES string of the molecule is CCC1(C(=O)NC[C@H](C)O)CCCN1. The standard InChI is InChI=1S/C10H20N2O2/c1-3-10(5-4-6-12-10)9(14)11-7-8(2)13/h8,12-13H,3-7H2,1-2H3,(H,11,14)/t8-,10?/m0/s1. The van der Waals surface area contributed by atoms with Gasteiger partial charge in [0.05, 0.1) is 11.6 Å². The molecule has 1 aliphatic rings. The highest BCUT2D eigenvalue weighted by Crippen LogP contribution is 2.22. The first-order chi connectivity index (χ1) is 6.60. The molecule has 0 radical (unpaired) electrons. The smallest absolute Gasteiger partial charge is 0.240 e. The lowest BCUT2D eigenvalue weighted by Crippen LogP contribution is -2.54. The number of nitrogens with one attached hydrogen (secondary N) is 2. The molecule has 0 aromatic carbocycles. The van der Waals surface area contributed by atoms with E-state index in [4.69, 9.17) is 5.11 Å². The summed E-state index contributed by atoms with van der Waals surface area (Å²) in [6, 6.07) is 0. The molecule has 4 nitrogen and oxygen atoms in total. The van der Waals surface area contributed by atoms with Crippen LogP contribution in [0.3, 0.4) is 0 Å². The zero-order valence-corrected chi connectivity index (χ0v) is 8.97. The zero-order chi connectivity index (χ0) is 10.6. The van der Waals surface area contributed by atoms with Crippen LogP contribution < -0.4 is 10.6 Å². The van der Waals surface area contributed by atoms with E-state index in [0.717, 1.165) is 25.8 Å². The number of aliphatic hydroxyl groups is 1. The van der Waals surface area contributed by atoms with E-state index >= 15 is 0 Å². The van der Waals surface area contributed by atoms with Crippen molar-refractivity contribution in [1.29, 1.82) is 0 Å². The van der Waals surface area contributed by atoms with Crippen molar-refractivity contribution >= 4 is 5.91 Å². The molecule has 2 atom stereocenters. The minimum atomic E-state index is -0.478. The van der Waals surface area contributed by atoms with E-state index in [0.29, 0.717) is 6.54 Å². The Balaban J connectivity index is 2.48. The Bertz CT molecular complexity index is 198. The number of rotatable bonds is 4. The van der Waals surface area contributed by atoms with Crippen LogP contribution >= 0.6 is 0 Å². The van der Waals surface area contributed by atoms with Gasteiger partial charge >= 0.3 is 0 Å². The lowest BCUT2D eigenvalue weighted by molar-refractivity contribution is -0.127. The summed E-state index contributed by atoms with van der Waals surface area (Å²) in [5.74, 6) is 0.0263. The molecular weight excluding hydrogens is 180 g/mol. The maximum absolute atomic E-state index is 11.8. The first-order valence-corrected chi connectivity index (χ1v) is 5.32. The zero-order valence-electron chi connectivity index (χ0n) is 8.97. The topological polar surface area (TPSA) is 61.4 Å². The molecule has 0 spiro atoms. The third-order valence-electron chi connectivity index (χ3n) is 2.84. The van der Waals surface area contributed by atoms with Crippen molar-refractivity contribution in [2.75, 3.05) is 13.1 Å². The van der Waals surface area contributed by atoms with Gasteiger partial charge in [-0.3, -0.25) is 4.79 Å². The third-order valence-corrected chi connectivity index (χ3v) is 2.84. The highest BCUT2D eigenvalue weighted by Gasteiger charge is 2.38. The highest BCUT2D eigenvalue weighted by molar-refractivity contribution is 5.86. The van der Waals surface area contributed by atoms with E-state index in [2.05, 4.69) is 10.6 Å². The predicted octanol–water partition coefficient (Wildman–Crippen LogP) is 0.0156. The summed E-state index contributed by atoms with van der Waals surface area (Å²) in [5.41, 5.74) is -0.380. The van der Waals surface area contributed by atoms with Gasteiger partial charge in [-0.1, -0.05) is 6.92 Å². The number of aliphatic hydroxyl groups excluding tert-OH is 1. The van der Waals surface area contributed by atoms with E-state index in [1.165, 1.54) is 0 Å². The van der Waals surface area contributed by atoms with Gasteiger partial charge in [-0.25, -0.2) is 0 Å². The van der Waals surface area contributed by atoms with Crippen molar-refractivity contribution in [2.24, 2.45) is 0 Å². The Morgan fingerprint density at radius 3 is 2.86 bits per heavy atom. The number of amides is 1. The summed E-state index contributed by atoms with van der Waals surface area (Å²) in [6.45, 7) is 4.93. The fourth-order valence-corrected chi connectivity index (χ4v) is 1.87. The van der Waals surface area contributed by atoms with Crippen molar-refractivity contribution in [3.05, 3.63) is 0 Å². The molecule has 1 unspecified atom stereocenters. The van der Waals surface area contributed by atoms with Crippen molar-refractivity contribution in [2.45, 2.75) is 44.8 Å². The number of hydrogen-bond donors (Lipinski definition) is 3. The van der Waals surface area contributed by atoms with Crippen molar-refractivity contribution in [3.63, 3.8) is 0 Å². The van der Waals surface area contributed by atoms with E-state index in [-0.39, 0.29) is 11.4 Å². The van der Waals surface area contributed by atoms with Crippen molar-refractivity contribution in [1.82, 2.24) is 10.6 Å². The maximum Gasteiger partial charge on any atom is 0.240 e. The Labute approximate surface area is 85.1 Å². The van der Waals surface area contributed by atoms with Crippen LogP contribution in [-0.4, -0.2) is 35.7 Å². The molecule has 4 heteroatoms. The minimum Gasteiger partial charge on any atom is -0.392 e. The number of hydrogen-bond acceptors (Lipinski definition) is 3. The van der Waals surface area contributed by atoms with E-state index in [9.17, 15) is 4.79 Å². The molecule has 1 amide bonds. The van der Waals surface area contributed by atoms with Crippen molar-refractivity contribution < 1.29 is 9.90 Å². The largest absolute Gasteiger partial charge is 0.392 e. The second kappa shape index (κ2) is 4.75. The van der Waals surface area contributed by atoms with Gasteiger partial charge in [-0.2, -0.15) is 0 Å². The first kappa shape index (κ1) is 11.5. The van der Waals surface area contributed by atoms with Crippen LogP contribution in [0.15, 0.2) is 0 Å². The van der Waals surface area contributed by atoms with Crippen LogP contribution in [0.25, 0.3) is 0 Å². The predicted molar refractivity (Wildman–Crippen MR) is 54.9 cm³/mol. The van der Waals surface area contributed by atoms with Crippen LogP contribution in [0.1, 0.15) is 33.1 Å². The van der Waals surface area contributed by atoms with Gasteiger partial charge in [-0.05, 0) is 32.7 Å². The lowest BCUT2D eigenvalue weighted by Gasteiger charge is -2.26. The van der Waals surface area contributed by atoms with Gasteiger partial charge in [0, 0.05) is 6.54 Å². The van der Waals surface area contributed by atoms with Gasteiger partial charge in [0.1, 0.15) is 0 Å². The van der Waals surface area contributed by atoms with Crippen LogP contribution in [-0.2, 0) is 4.79 Å². The molecule has 14 heavy (non-hydrogen) atoms. The summed E-state index contributed by atoms with van der Waals surface area (Å²) in [4.78, 5) is 11.8. The molecule has 1 fully saturated rings. The van der Waals surface area contributed by atoms with Gasteiger partial charge < -0.3 is 15.7 Å². The molecule has 0 aromatic heterocycles. The molecule has 1 aliphatic heterocycles. The molecule has 0 bridgehead atoms. The van der Waals surface area contributed by atoms with Crippen LogP contribution in [0.4, 0.5) is 0 Å².